The summed E-state index contributed by atoms with van der Waals surface area (Å²) in [6.07, 6.45) is -0.874. The number of aryl methyl sites for hydroxylation is 1. The van der Waals surface area contributed by atoms with Gasteiger partial charge in [-0.15, -0.1) is 0 Å². The van der Waals surface area contributed by atoms with Crippen molar-refractivity contribution in [1.29, 1.82) is 0 Å². The summed E-state index contributed by atoms with van der Waals surface area (Å²) in [5, 5.41) is 10.3. The molecule has 0 heterocycles. The third-order valence-corrected chi connectivity index (χ3v) is 3.34. The quantitative estimate of drug-likeness (QED) is 0.894. The lowest BCUT2D eigenvalue weighted by atomic mass is 9.99. The molecule has 0 aliphatic rings. The minimum Gasteiger partial charge on any atom is -0.388 e. The van der Waals surface area contributed by atoms with E-state index in [9.17, 15) is 13.9 Å². The van der Waals surface area contributed by atoms with Gasteiger partial charge in [0.05, 0.1) is 6.10 Å². The minimum atomic E-state index is -0.969. The lowest BCUT2D eigenvalue weighted by molar-refractivity contribution is 0.177. The molecule has 0 saturated heterocycles. The van der Waals surface area contributed by atoms with E-state index in [2.05, 4.69) is 0 Å². The fraction of sp³-hybridized carbons (Fsp3) is 0.200. The second kappa shape index (κ2) is 5.68. The van der Waals surface area contributed by atoms with Gasteiger partial charge in [0, 0.05) is 11.4 Å². The zero-order valence-corrected chi connectivity index (χ0v) is 11.1. The number of aliphatic hydroxyl groups is 1. The maximum atomic E-state index is 13.5. The first-order chi connectivity index (χ1) is 8.99. The average molecular weight is 283 g/mol. The summed E-state index contributed by atoms with van der Waals surface area (Å²) in [6, 6.07) is 8.87. The molecule has 0 spiro atoms. The zero-order chi connectivity index (χ0) is 14.0. The molecule has 19 heavy (non-hydrogen) atoms. The molecule has 2 rings (SSSR count). The van der Waals surface area contributed by atoms with E-state index in [4.69, 9.17) is 11.6 Å². The summed E-state index contributed by atoms with van der Waals surface area (Å²) in [4.78, 5) is 0. The zero-order valence-electron chi connectivity index (χ0n) is 10.3. The standard InChI is InChI=1S/C15H13ClF2O/c1-9-6-11(12(16)8-14(9)18)15(19)7-10-4-2-3-5-13(10)17/h2-6,8,15,19H,7H2,1H3. The van der Waals surface area contributed by atoms with Gasteiger partial charge in [0.15, 0.2) is 0 Å². The van der Waals surface area contributed by atoms with Gasteiger partial charge in [-0.05, 0) is 41.8 Å². The number of halogens is 3. The number of aliphatic hydroxyl groups excluding tert-OH is 1. The highest BCUT2D eigenvalue weighted by Gasteiger charge is 2.16. The number of benzene rings is 2. The molecular formula is C15H13ClF2O. The van der Waals surface area contributed by atoms with Crippen molar-refractivity contribution in [2.24, 2.45) is 0 Å². The molecule has 1 atom stereocenters. The first-order valence-corrected chi connectivity index (χ1v) is 6.24. The molecule has 0 saturated carbocycles. The van der Waals surface area contributed by atoms with Gasteiger partial charge in [0.2, 0.25) is 0 Å². The normalized spacial score (nSPS) is 12.5. The third-order valence-electron chi connectivity index (χ3n) is 3.01. The van der Waals surface area contributed by atoms with Gasteiger partial charge < -0.3 is 5.11 Å². The monoisotopic (exact) mass is 282 g/mol. The summed E-state index contributed by atoms with van der Waals surface area (Å²) >= 11 is 5.91. The first kappa shape index (κ1) is 14.0. The van der Waals surface area contributed by atoms with E-state index >= 15 is 0 Å². The van der Waals surface area contributed by atoms with Gasteiger partial charge in [-0.25, -0.2) is 8.78 Å². The molecule has 100 valence electrons. The number of hydrogen-bond acceptors (Lipinski definition) is 1. The summed E-state index contributed by atoms with van der Waals surface area (Å²) in [5.74, 6) is -0.802. The fourth-order valence-corrected chi connectivity index (χ4v) is 2.19. The first-order valence-electron chi connectivity index (χ1n) is 5.86. The van der Waals surface area contributed by atoms with Crippen LogP contribution in [0.5, 0.6) is 0 Å². The van der Waals surface area contributed by atoms with E-state index in [1.807, 2.05) is 0 Å². The van der Waals surface area contributed by atoms with Crippen LogP contribution in [0.25, 0.3) is 0 Å². The molecule has 0 fully saturated rings. The predicted octanol–water partition coefficient (Wildman–Crippen LogP) is 4.20. The van der Waals surface area contributed by atoms with Crippen LogP contribution in [0, 0.1) is 18.6 Å². The van der Waals surface area contributed by atoms with E-state index in [0.717, 1.165) is 6.07 Å². The van der Waals surface area contributed by atoms with Crippen molar-refractivity contribution in [1.82, 2.24) is 0 Å². The Morgan fingerprint density at radius 1 is 1.16 bits per heavy atom. The maximum absolute atomic E-state index is 13.5. The maximum Gasteiger partial charge on any atom is 0.127 e. The molecule has 0 bridgehead atoms. The molecule has 1 N–H and O–H groups in total. The average Bonchev–Trinajstić information content (AvgIpc) is 2.36. The van der Waals surface area contributed by atoms with Crippen LogP contribution in [0.15, 0.2) is 36.4 Å². The molecule has 1 nitrogen and oxygen atoms in total. The van der Waals surface area contributed by atoms with Gasteiger partial charge >= 0.3 is 0 Å². The molecule has 0 amide bonds. The van der Waals surface area contributed by atoms with Crippen molar-refractivity contribution in [2.75, 3.05) is 0 Å². The smallest absolute Gasteiger partial charge is 0.127 e. The summed E-state index contributed by atoms with van der Waals surface area (Å²) < 4.78 is 26.8. The van der Waals surface area contributed by atoms with Crippen LogP contribution in [-0.2, 0) is 6.42 Å². The SMILES string of the molecule is Cc1cc(C(O)Cc2ccccc2F)c(Cl)cc1F. The Morgan fingerprint density at radius 3 is 2.53 bits per heavy atom. The van der Waals surface area contributed by atoms with Crippen molar-refractivity contribution < 1.29 is 13.9 Å². The van der Waals surface area contributed by atoms with E-state index in [0.29, 0.717) is 16.7 Å². The van der Waals surface area contributed by atoms with Crippen molar-refractivity contribution in [3.05, 3.63) is 69.7 Å². The molecular weight excluding hydrogens is 270 g/mol. The van der Waals surface area contributed by atoms with Gasteiger partial charge in [0.1, 0.15) is 11.6 Å². The summed E-state index contributed by atoms with van der Waals surface area (Å²) in [7, 11) is 0. The van der Waals surface area contributed by atoms with Gasteiger partial charge in [-0.1, -0.05) is 29.8 Å². The topological polar surface area (TPSA) is 20.2 Å². The highest BCUT2D eigenvalue weighted by Crippen LogP contribution is 2.28. The molecule has 2 aromatic carbocycles. The second-order valence-electron chi connectivity index (χ2n) is 4.43. The number of rotatable bonds is 3. The van der Waals surface area contributed by atoms with Crippen LogP contribution in [0.1, 0.15) is 22.8 Å². The van der Waals surface area contributed by atoms with Crippen molar-refractivity contribution in [3.63, 3.8) is 0 Å². The summed E-state index contributed by atoms with van der Waals surface area (Å²) in [5.41, 5.74) is 1.20. The highest BCUT2D eigenvalue weighted by atomic mass is 35.5. The van der Waals surface area contributed by atoms with Crippen LogP contribution >= 0.6 is 11.6 Å². The molecule has 0 aliphatic carbocycles. The lowest BCUT2D eigenvalue weighted by Gasteiger charge is -2.14. The van der Waals surface area contributed by atoms with Crippen molar-refractivity contribution in [2.45, 2.75) is 19.4 Å². The molecule has 4 heteroatoms. The van der Waals surface area contributed by atoms with E-state index in [-0.39, 0.29) is 17.3 Å². The van der Waals surface area contributed by atoms with E-state index in [1.165, 1.54) is 12.1 Å². The van der Waals surface area contributed by atoms with Crippen molar-refractivity contribution in [3.8, 4) is 0 Å². The Morgan fingerprint density at radius 2 is 1.84 bits per heavy atom. The minimum absolute atomic E-state index is 0.0947. The van der Waals surface area contributed by atoms with Crippen LogP contribution in [0.4, 0.5) is 8.78 Å². The summed E-state index contributed by atoms with van der Waals surface area (Å²) in [6.45, 7) is 1.59. The van der Waals surface area contributed by atoms with E-state index < -0.39 is 11.9 Å². The molecule has 0 radical (unpaired) electrons. The largest absolute Gasteiger partial charge is 0.388 e. The molecule has 0 aliphatic heterocycles. The van der Waals surface area contributed by atoms with Crippen LogP contribution < -0.4 is 0 Å². The molecule has 2 aromatic rings. The lowest BCUT2D eigenvalue weighted by Crippen LogP contribution is -2.05. The molecule has 0 aromatic heterocycles. The Kier molecular flexibility index (Phi) is 4.17. The highest BCUT2D eigenvalue weighted by molar-refractivity contribution is 6.31. The van der Waals surface area contributed by atoms with Crippen LogP contribution in [-0.4, -0.2) is 5.11 Å². The van der Waals surface area contributed by atoms with Gasteiger partial charge in [0.25, 0.3) is 0 Å². The van der Waals surface area contributed by atoms with Gasteiger partial charge in [-0.3, -0.25) is 0 Å². The Labute approximate surface area is 115 Å². The van der Waals surface area contributed by atoms with Crippen LogP contribution in [0.2, 0.25) is 5.02 Å². The van der Waals surface area contributed by atoms with Gasteiger partial charge in [-0.2, -0.15) is 0 Å². The fourth-order valence-electron chi connectivity index (χ4n) is 1.92. The van der Waals surface area contributed by atoms with Crippen LogP contribution in [0.3, 0.4) is 0 Å². The Bertz CT molecular complexity index is 599. The van der Waals surface area contributed by atoms with E-state index in [1.54, 1.807) is 25.1 Å². The second-order valence-corrected chi connectivity index (χ2v) is 4.84. The Balaban J connectivity index is 2.28. The number of hydrogen-bond donors (Lipinski definition) is 1. The van der Waals surface area contributed by atoms with Crippen molar-refractivity contribution >= 4 is 11.6 Å². The predicted molar refractivity (Wildman–Crippen MR) is 71.2 cm³/mol. The Hall–Kier alpha value is -1.45. The molecule has 1 unspecified atom stereocenters. The third kappa shape index (κ3) is 3.11.